The minimum atomic E-state index is -3.66. The average molecular weight is 347 g/mol. The van der Waals surface area contributed by atoms with Crippen molar-refractivity contribution in [3.8, 4) is 0 Å². The van der Waals surface area contributed by atoms with Crippen molar-refractivity contribution in [2.24, 2.45) is 0 Å². The fourth-order valence-electron chi connectivity index (χ4n) is 2.65. The topological polar surface area (TPSA) is 87.3 Å². The predicted molar refractivity (Wildman–Crippen MR) is 81.4 cm³/mol. The van der Waals surface area contributed by atoms with Crippen LogP contribution in [0.4, 0.5) is 8.78 Å². The Morgan fingerprint density at radius 2 is 2.09 bits per heavy atom. The Bertz CT molecular complexity index is 682. The Labute approximate surface area is 133 Å². The Morgan fingerprint density at radius 1 is 1.35 bits per heavy atom. The molecule has 2 unspecified atom stereocenters. The number of halogens is 2. The molecule has 2 atom stereocenters. The lowest BCUT2D eigenvalue weighted by Crippen LogP contribution is -2.51. The highest BCUT2D eigenvalue weighted by Crippen LogP contribution is 2.27. The second-order valence-corrected chi connectivity index (χ2v) is 7.34. The van der Waals surface area contributed by atoms with E-state index in [2.05, 4.69) is 15.4 Å². The van der Waals surface area contributed by atoms with Gasteiger partial charge in [0, 0.05) is 18.5 Å². The zero-order valence-electron chi connectivity index (χ0n) is 12.6. The standard InChI is InChI=1S/C14H19F2N3O3S/c1-17-23(21,22)8-14(20)19-13-7-18-5-4-10(13)9-2-3-11(15)12(16)6-9/h2-3,6,10,13,17-18H,4-5,7-8H2,1H3,(H,19,20). The minimum Gasteiger partial charge on any atom is -0.351 e. The zero-order chi connectivity index (χ0) is 17.0. The van der Waals surface area contributed by atoms with Crippen molar-refractivity contribution < 1.29 is 22.0 Å². The van der Waals surface area contributed by atoms with E-state index >= 15 is 0 Å². The molecule has 1 aromatic rings. The van der Waals surface area contributed by atoms with Crippen LogP contribution in [0.15, 0.2) is 18.2 Å². The van der Waals surface area contributed by atoms with Gasteiger partial charge in [0.1, 0.15) is 5.75 Å². The number of carbonyl (C=O) groups is 1. The van der Waals surface area contributed by atoms with Gasteiger partial charge in [-0.2, -0.15) is 0 Å². The highest BCUT2D eigenvalue weighted by atomic mass is 32.2. The van der Waals surface area contributed by atoms with Crippen LogP contribution in [-0.2, 0) is 14.8 Å². The lowest BCUT2D eigenvalue weighted by molar-refractivity contribution is -0.119. The molecule has 128 valence electrons. The number of hydrogen-bond acceptors (Lipinski definition) is 4. The second-order valence-electron chi connectivity index (χ2n) is 5.41. The molecule has 9 heteroatoms. The van der Waals surface area contributed by atoms with Crippen LogP contribution < -0.4 is 15.4 Å². The summed E-state index contributed by atoms with van der Waals surface area (Å²) in [5.74, 6) is -3.40. The van der Waals surface area contributed by atoms with Gasteiger partial charge >= 0.3 is 0 Å². The predicted octanol–water partition coefficient (Wildman–Crippen LogP) is 0.0757. The average Bonchev–Trinajstić information content (AvgIpc) is 2.50. The van der Waals surface area contributed by atoms with E-state index in [1.54, 1.807) is 0 Å². The van der Waals surface area contributed by atoms with Gasteiger partial charge in [-0.15, -0.1) is 0 Å². The van der Waals surface area contributed by atoms with E-state index in [9.17, 15) is 22.0 Å². The van der Waals surface area contributed by atoms with Crippen molar-refractivity contribution in [2.45, 2.75) is 18.4 Å². The maximum Gasteiger partial charge on any atom is 0.236 e. The van der Waals surface area contributed by atoms with Gasteiger partial charge in [-0.3, -0.25) is 4.79 Å². The lowest BCUT2D eigenvalue weighted by Gasteiger charge is -2.33. The number of carbonyl (C=O) groups excluding carboxylic acids is 1. The Balaban J connectivity index is 2.12. The number of piperidine rings is 1. The minimum absolute atomic E-state index is 0.215. The van der Waals surface area contributed by atoms with E-state index in [0.29, 0.717) is 25.1 Å². The van der Waals surface area contributed by atoms with E-state index in [-0.39, 0.29) is 5.92 Å². The van der Waals surface area contributed by atoms with Crippen LogP contribution in [0.1, 0.15) is 17.9 Å². The molecule has 1 saturated heterocycles. The molecule has 2 rings (SSSR count). The van der Waals surface area contributed by atoms with Crippen LogP contribution >= 0.6 is 0 Å². The van der Waals surface area contributed by atoms with Crippen LogP contribution in [0, 0.1) is 11.6 Å². The smallest absolute Gasteiger partial charge is 0.236 e. The summed E-state index contributed by atoms with van der Waals surface area (Å²) in [7, 11) is -2.42. The first-order valence-electron chi connectivity index (χ1n) is 7.18. The van der Waals surface area contributed by atoms with Gasteiger partial charge in [0.15, 0.2) is 11.6 Å². The second kappa shape index (κ2) is 7.33. The van der Waals surface area contributed by atoms with Crippen molar-refractivity contribution in [1.29, 1.82) is 0 Å². The summed E-state index contributed by atoms with van der Waals surface area (Å²) in [6, 6.07) is 3.26. The van der Waals surface area contributed by atoms with Crippen LogP contribution in [0.3, 0.4) is 0 Å². The molecule has 6 nitrogen and oxygen atoms in total. The van der Waals surface area contributed by atoms with Gasteiger partial charge < -0.3 is 10.6 Å². The first kappa shape index (κ1) is 17.8. The van der Waals surface area contributed by atoms with E-state index in [4.69, 9.17) is 0 Å². The molecule has 0 bridgehead atoms. The summed E-state index contributed by atoms with van der Waals surface area (Å²) in [5, 5.41) is 5.75. The fourth-order valence-corrected chi connectivity index (χ4v) is 3.22. The lowest BCUT2D eigenvalue weighted by atomic mass is 9.86. The molecule has 0 aromatic heterocycles. The molecule has 1 aliphatic rings. The molecular weight excluding hydrogens is 328 g/mol. The third-order valence-electron chi connectivity index (χ3n) is 3.83. The molecule has 3 N–H and O–H groups in total. The van der Waals surface area contributed by atoms with Gasteiger partial charge in [-0.25, -0.2) is 21.9 Å². The van der Waals surface area contributed by atoms with Crippen LogP contribution in [-0.4, -0.2) is 46.3 Å². The SMILES string of the molecule is CNS(=O)(=O)CC(=O)NC1CNCCC1c1ccc(F)c(F)c1. The number of nitrogens with one attached hydrogen (secondary N) is 3. The van der Waals surface area contributed by atoms with E-state index in [0.717, 1.165) is 12.1 Å². The third-order valence-corrected chi connectivity index (χ3v) is 5.10. The Kier molecular flexibility index (Phi) is 5.66. The molecule has 0 saturated carbocycles. The molecule has 0 spiro atoms. The van der Waals surface area contributed by atoms with Gasteiger partial charge in [-0.1, -0.05) is 6.07 Å². The molecule has 1 fully saturated rings. The van der Waals surface area contributed by atoms with Crippen molar-refractivity contribution in [2.75, 3.05) is 25.9 Å². The summed E-state index contributed by atoms with van der Waals surface area (Å²) < 4.78 is 51.4. The first-order valence-corrected chi connectivity index (χ1v) is 8.84. The highest BCUT2D eigenvalue weighted by Gasteiger charge is 2.29. The Morgan fingerprint density at radius 3 is 2.74 bits per heavy atom. The summed E-state index contributed by atoms with van der Waals surface area (Å²) in [5.41, 5.74) is 0.576. The van der Waals surface area contributed by atoms with Gasteiger partial charge in [0.05, 0.1) is 0 Å². The molecule has 0 radical (unpaired) electrons. The summed E-state index contributed by atoms with van der Waals surface area (Å²) in [6.45, 7) is 1.10. The van der Waals surface area contributed by atoms with E-state index in [1.807, 2.05) is 0 Å². The van der Waals surface area contributed by atoms with Gasteiger partial charge in [0.25, 0.3) is 0 Å². The van der Waals surface area contributed by atoms with Gasteiger partial charge in [0.2, 0.25) is 15.9 Å². The molecule has 1 aromatic carbocycles. The van der Waals surface area contributed by atoms with Crippen LogP contribution in [0.2, 0.25) is 0 Å². The maximum absolute atomic E-state index is 13.4. The summed E-state index contributed by atoms with van der Waals surface area (Å²) in [4.78, 5) is 11.9. The van der Waals surface area contributed by atoms with Gasteiger partial charge in [-0.05, 0) is 37.7 Å². The monoisotopic (exact) mass is 347 g/mol. The number of hydrogen-bond donors (Lipinski definition) is 3. The molecule has 1 amide bonds. The number of rotatable bonds is 5. The number of sulfonamides is 1. The third kappa shape index (κ3) is 4.69. The molecule has 23 heavy (non-hydrogen) atoms. The molecule has 1 heterocycles. The fraction of sp³-hybridized carbons (Fsp3) is 0.500. The normalized spacial score (nSPS) is 21.9. The first-order chi connectivity index (χ1) is 10.8. The van der Waals surface area contributed by atoms with Crippen molar-refractivity contribution in [3.63, 3.8) is 0 Å². The van der Waals surface area contributed by atoms with Crippen molar-refractivity contribution >= 4 is 15.9 Å². The highest BCUT2D eigenvalue weighted by molar-refractivity contribution is 7.90. The van der Waals surface area contributed by atoms with Crippen molar-refractivity contribution in [1.82, 2.24) is 15.4 Å². The molecule has 0 aliphatic carbocycles. The maximum atomic E-state index is 13.4. The van der Waals surface area contributed by atoms with Crippen LogP contribution in [0.5, 0.6) is 0 Å². The molecule has 1 aliphatic heterocycles. The van der Waals surface area contributed by atoms with Crippen molar-refractivity contribution in [3.05, 3.63) is 35.4 Å². The van der Waals surface area contributed by atoms with Crippen LogP contribution in [0.25, 0.3) is 0 Å². The number of amides is 1. The molecular formula is C14H19F2N3O3S. The number of benzene rings is 1. The summed E-state index contributed by atoms with van der Waals surface area (Å²) in [6.07, 6.45) is 0.620. The van der Waals surface area contributed by atoms with E-state index < -0.39 is 39.4 Å². The van der Waals surface area contributed by atoms with E-state index in [1.165, 1.54) is 13.1 Å². The Hall–Kier alpha value is -1.58. The summed E-state index contributed by atoms with van der Waals surface area (Å²) >= 11 is 0. The zero-order valence-corrected chi connectivity index (χ0v) is 13.4. The quantitative estimate of drug-likeness (QED) is 0.704. The largest absolute Gasteiger partial charge is 0.351 e.